The fourth-order valence-corrected chi connectivity index (χ4v) is 0.826. The normalized spacial score (nSPS) is 9.50. The maximum Gasteiger partial charge on any atom is 0.193 e. The van der Waals surface area contributed by atoms with E-state index in [0.717, 1.165) is 6.42 Å². The monoisotopic (exact) mass is 170 g/mol. The van der Waals surface area contributed by atoms with Gasteiger partial charge >= 0.3 is 0 Å². The molecule has 2 heteroatoms. The molecule has 0 aromatic carbocycles. The van der Waals surface area contributed by atoms with Crippen LogP contribution in [0.4, 0.5) is 0 Å². The van der Waals surface area contributed by atoms with Crippen molar-refractivity contribution in [3.8, 4) is 0 Å². The van der Waals surface area contributed by atoms with Crippen molar-refractivity contribution in [1.29, 1.82) is 0 Å². The molecule has 0 spiro atoms. The van der Waals surface area contributed by atoms with Gasteiger partial charge in [0.15, 0.2) is 11.5 Å². The molecule has 0 aromatic heterocycles. The van der Waals surface area contributed by atoms with Gasteiger partial charge in [-0.3, -0.25) is 4.79 Å². The van der Waals surface area contributed by atoms with Gasteiger partial charge in [-0.15, -0.1) is 0 Å². The number of hydrogen-bond acceptors (Lipinski definition) is 2. The molecule has 70 valence electrons. The summed E-state index contributed by atoms with van der Waals surface area (Å²) in [4.78, 5) is 10.6. The largest absolute Gasteiger partial charge is 0.491 e. The molecule has 0 unspecified atom stereocenters. The van der Waals surface area contributed by atoms with Crippen LogP contribution in [0.25, 0.3) is 0 Å². The van der Waals surface area contributed by atoms with Gasteiger partial charge in [0.05, 0.1) is 6.61 Å². The highest BCUT2D eigenvalue weighted by atomic mass is 16.5. The minimum atomic E-state index is -0.0782. The smallest absolute Gasteiger partial charge is 0.193 e. The third-order valence-corrected chi connectivity index (χ3v) is 1.67. The lowest BCUT2D eigenvalue weighted by Crippen LogP contribution is -2.01. The van der Waals surface area contributed by atoms with Gasteiger partial charge < -0.3 is 4.74 Å². The molecule has 0 rings (SSSR count). The van der Waals surface area contributed by atoms with Crippen molar-refractivity contribution in [3.05, 3.63) is 12.3 Å². The highest BCUT2D eigenvalue weighted by Crippen LogP contribution is 2.02. The van der Waals surface area contributed by atoms with Gasteiger partial charge in [0.2, 0.25) is 0 Å². The minimum Gasteiger partial charge on any atom is -0.491 e. The molecular weight excluding hydrogens is 152 g/mol. The van der Waals surface area contributed by atoms with Crippen molar-refractivity contribution >= 4 is 5.78 Å². The summed E-state index contributed by atoms with van der Waals surface area (Å²) in [7, 11) is 0. The van der Waals surface area contributed by atoms with Crippen molar-refractivity contribution in [2.24, 2.45) is 0 Å². The molecule has 0 atom stereocenters. The number of rotatable bonds is 7. The molecule has 2 nitrogen and oxygen atoms in total. The van der Waals surface area contributed by atoms with Crippen LogP contribution >= 0.6 is 0 Å². The van der Waals surface area contributed by atoms with Crippen molar-refractivity contribution in [3.63, 3.8) is 0 Å². The second-order valence-corrected chi connectivity index (χ2v) is 2.89. The summed E-state index contributed by atoms with van der Waals surface area (Å²) in [5.74, 6) is 0.206. The van der Waals surface area contributed by atoms with Crippen molar-refractivity contribution < 1.29 is 9.53 Å². The first-order valence-electron chi connectivity index (χ1n) is 4.51. The lowest BCUT2D eigenvalue weighted by Gasteiger charge is -2.04. The Balaban J connectivity index is 3.20. The van der Waals surface area contributed by atoms with E-state index in [1.807, 2.05) is 0 Å². The average molecular weight is 170 g/mol. The standard InChI is InChI=1S/C10H18O2/c1-4-5-6-7-8-12-10(3)9(2)11/h3-8H2,1-2H3. The Hall–Kier alpha value is -0.790. The molecule has 0 radical (unpaired) electrons. The first-order valence-corrected chi connectivity index (χ1v) is 4.51. The molecule has 0 saturated carbocycles. The maximum absolute atomic E-state index is 10.6. The molecule has 0 aliphatic carbocycles. The molecule has 0 aliphatic rings. The van der Waals surface area contributed by atoms with Crippen molar-refractivity contribution in [2.75, 3.05) is 6.61 Å². The summed E-state index contributed by atoms with van der Waals surface area (Å²) < 4.78 is 5.11. The van der Waals surface area contributed by atoms with Gasteiger partial charge in [0.1, 0.15) is 0 Å². The SMILES string of the molecule is C=C(OCCCCCC)C(C)=O. The van der Waals surface area contributed by atoms with E-state index in [0.29, 0.717) is 6.61 Å². The Morgan fingerprint density at radius 2 is 2.00 bits per heavy atom. The van der Waals surface area contributed by atoms with Crippen LogP contribution in [0.1, 0.15) is 39.5 Å². The zero-order valence-electron chi connectivity index (χ0n) is 8.06. The van der Waals surface area contributed by atoms with Crippen LogP contribution in [0.5, 0.6) is 0 Å². The summed E-state index contributed by atoms with van der Waals surface area (Å²) in [6.45, 7) is 7.75. The maximum atomic E-state index is 10.6. The number of allylic oxidation sites excluding steroid dienone is 1. The lowest BCUT2D eigenvalue weighted by molar-refractivity contribution is -0.116. The number of ether oxygens (including phenoxy) is 1. The summed E-state index contributed by atoms with van der Waals surface area (Å²) in [6.07, 6.45) is 4.63. The van der Waals surface area contributed by atoms with Gasteiger partial charge in [0.25, 0.3) is 0 Å². The zero-order chi connectivity index (χ0) is 9.40. The van der Waals surface area contributed by atoms with Crippen molar-refractivity contribution in [2.45, 2.75) is 39.5 Å². The third-order valence-electron chi connectivity index (χ3n) is 1.67. The van der Waals surface area contributed by atoms with E-state index >= 15 is 0 Å². The van der Waals surface area contributed by atoms with Gasteiger partial charge in [-0.25, -0.2) is 0 Å². The summed E-state index contributed by atoms with van der Waals surface area (Å²) in [5.41, 5.74) is 0. The average Bonchev–Trinajstić information content (AvgIpc) is 2.03. The molecule has 0 amide bonds. The van der Waals surface area contributed by atoms with Gasteiger partial charge in [-0.1, -0.05) is 32.8 Å². The molecular formula is C10H18O2. The minimum absolute atomic E-state index is 0.0782. The number of hydrogen-bond donors (Lipinski definition) is 0. The predicted octanol–water partition coefficient (Wildman–Crippen LogP) is 2.69. The van der Waals surface area contributed by atoms with E-state index in [1.165, 1.54) is 26.2 Å². The molecule has 0 N–H and O–H groups in total. The summed E-state index contributed by atoms with van der Waals surface area (Å²) >= 11 is 0. The fourth-order valence-electron chi connectivity index (χ4n) is 0.826. The van der Waals surface area contributed by atoms with Crippen molar-refractivity contribution in [1.82, 2.24) is 0 Å². The fraction of sp³-hybridized carbons (Fsp3) is 0.700. The summed E-state index contributed by atoms with van der Waals surface area (Å²) in [5, 5.41) is 0. The first-order chi connectivity index (χ1) is 5.68. The first kappa shape index (κ1) is 11.2. The van der Waals surface area contributed by atoms with Crippen LogP contribution in [-0.2, 0) is 9.53 Å². The zero-order valence-corrected chi connectivity index (χ0v) is 8.06. The Morgan fingerprint density at radius 3 is 2.50 bits per heavy atom. The van der Waals surface area contributed by atoms with Crippen LogP contribution in [0.15, 0.2) is 12.3 Å². The third kappa shape index (κ3) is 5.96. The topological polar surface area (TPSA) is 26.3 Å². The quantitative estimate of drug-likeness (QED) is 0.333. The van der Waals surface area contributed by atoms with Crippen LogP contribution in [-0.4, -0.2) is 12.4 Å². The number of unbranched alkanes of at least 4 members (excludes halogenated alkanes) is 3. The molecule has 12 heavy (non-hydrogen) atoms. The predicted molar refractivity (Wildman–Crippen MR) is 49.9 cm³/mol. The highest BCUT2D eigenvalue weighted by Gasteiger charge is 1.99. The molecule has 0 bridgehead atoms. The van der Waals surface area contributed by atoms with Crippen LogP contribution in [0.2, 0.25) is 0 Å². The number of Topliss-reactive ketones (excluding diaryl/α,β-unsaturated/α-hetero) is 1. The Morgan fingerprint density at radius 1 is 1.33 bits per heavy atom. The lowest BCUT2D eigenvalue weighted by atomic mass is 10.2. The second-order valence-electron chi connectivity index (χ2n) is 2.89. The van der Waals surface area contributed by atoms with Crippen LogP contribution in [0.3, 0.4) is 0 Å². The Labute approximate surface area is 74.6 Å². The van der Waals surface area contributed by atoms with E-state index in [4.69, 9.17) is 4.74 Å². The Kier molecular flexibility index (Phi) is 6.44. The second kappa shape index (κ2) is 6.89. The molecule has 0 saturated heterocycles. The van der Waals surface area contributed by atoms with E-state index < -0.39 is 0 Å². The van der Waals surface area contributed by atoms with Crippen LogP contribution in [0, 0.1) is 0 Å². The number of carbonyl (C=O) groups excluding carboxylic acids is 1. The van der Waals surface area contributed by atoms with E-state index in [-0.39, 0.29) is 11.5 Å². The van der Waals surface area contributed by atoms with E-state index in [9.17, 15) is 4.79 Å². The summed E-state index contributed by atoms with van der Waals surface area (Å²) in [6, 6.07) is 0. The molecule has 0 aromatic rings. The Bertz CT molecular complexity index is 150. The highest BCUT2D eigenvalue weighted by molar-refractivity contribution is 5.90. The van der Waals surface area contributed by atoms with E-state index in [2.05, 4.69) is 13.5 Å². The number of carbonyl (C=O) groups is 1. The molecule has 0 fully saturated rings. The van der Waals surface area contributed by atoms with Crippen LogP contribution < -0.4 is 0 Å². The number of ketones is 1. The van der Waals surface area contributed by atoms with Gasteiger partial charge in [-0.2, -0.15) is 0 Å². The van der Waals surface area contributed by atoms with E-state index in [1.54, 1.807) is 0 Å². The molecule has 0 aliphatic heterocycles. The molecule has 0 heterocycles. The van der Waals surface area contributed by atoms with Gasteiger partial charge in [-0.05, 0) is 6.42 Å². The van der Waals surface area contributed by atoms with Gasteiger partial charge in [0, 0.05) is 6.92 Å².